The second kappa shape index (κ2) is 7.42. The molecule has 1 aliphatic heterocycles. The fraction of sp³-hybridized carbons (Fsp3) is 0.500. The summed E-state index contributed by atoms with van der Waals surface area (Å²) < 4.78 is 0. The second-order valence-corrected chi connectivity index (χ2v) is 5.91. The molecule has 1 saturated heterocycles. The summed E-state index contributed by atoms with van der Waals surface area (Å²) in [5.74, 6) is 1.18. The Morgan fingerprint density at radius 1 is 1.57 bits per heavy atom. The number of carbonyl (C=O) groups excluding carboxylic acids is 2. The van der Waals surface area contributed by atoms with E-state index < -0.39 is 6.04 Å². The van der Waals surface area contributed by atoms with Gasteiger partial charge in [0.15, 0.2) is 0 Å². The standard InChI is InChI=1S/C14H20N4O2S/c1-21-8-6-11(15)14(20)17-12-5-4-10(9-16-12)18-7-2-3-13(18)19/h4-5,9,11H,2-3,6-8,15H2,1H3,(H,16,17,20). The number of nitrogens with zero attached hydrogens (tertiary/aromatic N) is 2. The van der Waals surface area contributed by atoms with Crippen LogP contribution in [0, 0.1) is 0 Å². The summed E-state index contributed by atoms with van der Waals surface area (Å²) >= 11 is 1.66. The molecule has 0 saturated carbocycles. The van der Waals surface area contributed by atoms with Crippen molar-refractivity contribution in [1.29, 1.82) is 0 Å². The third kappa shape index (κ3) is 4.18. The van der Waals surface area contributed by atoms with E-state index in [1.807, 2.05) is 6.26 Å². The fourth-order valence-corrected chi connectivity index (χ4v) is 2.63. The van der Waals surface area contributed by atoms with Crippen LogP contribution in [0.5, 0.6) is 0 Å². The molecule has 0 bridgehead atoms. The summed E-state index contributed by atoms with van der Waals surface area (Å²) in [6.45, 7) is 0.728. The van der Waals surface area contributed by atoms with Crippen LogP contribution >= 0.6 is 11.8 Å². The number of rotatable bonds is 6. The SMILES string of the molecule is CSCCC(N)C(=O)Nc1ccc(N2CCCC2=O)cn1. The Morgan fingerprint density at radius 3 is 2.95 bits per heavy atom. The maximum Gasteiger partial charge on any atom is 0.242 e. The van der Waals surface area contributed by atoms with Gasteiger partial charge >= 0.3 is 0 Å². The molecular weight excluding hydrogens is 288 g/mol. The van der Waals surface area contributed by atoms with Crippen LogP contribution in [0.4, 0.5) is 11.5 Å². The maximum atomic E-state index is 11.9. The van der Waals surface area contributed by atoms with Gasteiger partial charge in [-0.05, 0) is 37.0 Å². The van der Waals surface area contributed by atoms with Crippen LogP contribution in [0.15, 0.2) is 18.3 Å². The lowest BCUT2D eigenvalue weighted by Gasteiger charge is -2.16. The molecule has 114 valence electrons. The molecule has 1 fully saturated rings. The molecule has 1 aromatic rings. The van der Waals surface area contributed by atoms with Gasteiger partial charge in [-0.15, -0.1) is 0 Å². The van der Waals surface area contributed by atoms with Gasteiger partial charge in [0.05, 0.1) is 17.9 Å². The van der Waals surface area contributed by atoms with E-state index in [2.05, 4.69) is 10.3 Å². The van der Waals surface area contributed by atoms with Crippen molar-refractivity contribution in [3.63, 3.8) is 0 Å². The highest BCUT2D eigenvalue weighted by molar-refractivity contribution is 7.98. The van der Waals surface area contributed by atoms with Crippen LogP contribution in [0.2, 0.25) is 0 Å². The molecule has 6 nitrogen and oxygen atoms in total. The lowest BCUT2D eigenvalue weighted by Crippen LogP contribution is -2.36. The first-order valence-corrected chi connectivity index (χ1v) is 8.33. The van der Waals surface area contributed by atoms with Gasteiger partial charge in [-0.3, -0.25) is 9.59 Å². The maximum absolute atomic E-state index is 11.9. The van der Waals surface area contributed by atoms with E-state index >= 15 is 0 Å². The predicted octanol–water partition coefficient (Wildman–Crippen LogP) is 1.23. The molecule has 0 aliphatic carbocycles. The number of nitrogens with one attached hydrogen (secondary N) is 1. The normalized spacial score (nSPS) is 16.1. The Hall–Kier alpha value is -1.60. The van der Waals surface area contributed by atoms with Crippen LogP contribution < -0.4 is 16.0 Å². The average Bonchev–Trinajstić information content (AvgIpc) is 2.91. The molecule has 2 heterocycles. The van der Waals surface area contributed by atoms with Gasteiger partial charge in [0, 0.05) is 13.0 Å². The number of hydrogen-bond donors (Lipinski definition) is 2. The largest absolute Gasteiger partial charge is 0.320 e. The summed E-state index contributed by atoms with van der Waals surface area (Å²) in [7, 11) is 0. The molecule has 0 radical (unpaired) electrons. The zero-order valence-electron chi connectivity index (χ0n) is 12.0. The van der Waals surface area contributed by atoms with Crippen molar-refractivity contribution >= 4 is 35.1 Å². The van der Waals surface area contributed by atoms with E-state index in [1.54, 1.807) is 35.0 Å². The van der Waals surface area contributed by atoms with Crippen molar-refractivity contribution in [2.45, 2.75) is 25.3 Å². The van der Waals surface area contributed by atoms with Crippen molar-refractivity contribution in [2.75, 3.05) is 28.8 Å². The summed E-state index contributed by atoms with van der Waals surface area (Å²) in [5.41, 5.74) is 6.56. The number of amides is 2. The Kier molecular flexibility index (Phi) is 5.58. The molecule has 1 atom stereocenters. The molecular formula is C14H20N4O2S. The summed E-state index contributed by atoms with van der Waals surface area (Å²) in [4.78, 5) is 29.4. The molecule has 21 heavy (non-hydrogen) atoms. The zero-order valence-corrected chi connectivity index (χ0v) is 12.9. The van der Waals surface area contributed by atoms with Gasteiger partial charge in [0.25, 0.3) is 0 Å². The summed E-state index contributed by atoms with van der Waals surface area (Å²) in [6, 6.07) is 2.96. The molecule has 2 amide bonds. The minimum Gasteiger partial charge on any atom is -0.320 e. The fourth-order valence-electron chi connectivity index (χ4n) is 2.14. The van der Waals surface area contributed by atoms with Gasteiger partial charge in [0.2, 0.25) is 11.8 Å². The van der Waals surface area contributed by atoms with E-state index in [4.69, 9.17) is 5.73 Å². The number of pyridine rings is 1. The number of anilines is 2. The van der Waals surface area contributed by atoms with Crippen LogP contribution in [-0.2, 0) is 9.59 Å². The molecule has 7 heteroatoms. The minimum atomic E-state index is -0.529. The second-order valence-electron chi connectivity index (χ2n) is 4.93. The zero-order chi connectivity index (χ0) is 15.2. The van der Waals surface area contributed by atoms with Crippen molar-refractivity contribution in [3.05, 3.63) is 18.3 Å². The van der Waals surface area contributed by atoms with Gasteiger partial charge in [0.1, 0.15) is 5.82 Å². The highest BCUT2D eigenvalue weighted by Crippen LogP contribution is 2.21. The van der Waals surface area contributed by atoms with Gasteiger partial charge < -0.3 is 16.0 Å². The summed E-state index contributed by atoms with van der Waals surface area (Å²) in [5, 5.41) is 2.69. The third-order valence-electron chi connectivity index (χ3n) is 3.35. The van der Waals surface area contributed by atoms with E-state index in [0.717, 1.165) is 24.4 Å². The van der Waals surface area contributed by atoms with Crippen molar-refractivity contribution < 1.29 is 9.59 Å². The Bertz CT molecular complexity index is 506. The van der Waals surface area contributed by atoms with Crippen LogP contribution in [-0.4, -0.2) is 41.4 Å². The third-order valence-corrected chi connectivity index (χ3v) is 4.00. The first kappa shape index (κ1) is 15.8. The van der Waals surface area contributed by atoms with Gasteiger partial charge in [-0.2, -0.15) is 11.8 Å². The van der Waals surface area contributed by atoms with E-state index in [9.17, 15) is 9.59 Å². The molecule has 3 N–H and O–H groups in total. The van der Waals surface area contributed by atoms with Crippen molar-refractivity contribution in [2.24, 2.45) is 5.73 Å². The number of hydrogen-bond acceptors (Lipinski definition) is 5. The predicted molar refractivity (Wildman–Crippen MR) is 85.4 cm³/mol. The first-order chi connectivity index (χ1) is 10.1. The van der Waals surface area contributed by atoms with Crippen molar-refractivity contribution in [3.8, 4) is 0 Å². The highest BCUT2D eigenvalue weighted by atomic mass is 32.2. The number of nitrogens with two attached hydrogens (primary N) is 1. The quantitative estimate of drug-likeness (QED) is 0.825. The Morgan fingerprint density at radius 2 is 2.38 bits per heavy atom. The van der Waals surface area contributed by atoms with Crippen LogP contribution in [0.1, 0.15) is 19.3 Å². The smallest absolute Gasteiger partial charge is 0.242 e. The van der Waals surface area contributed by atoms with Gasteiger partial charge in [-0.25, -0.2) is 4.98 Å². The van der Waals surface area contributed by atoms with E-state index in [1.165, 1.54) is 0 Å². The van der Waals surface area contributed by atoms with Crippen molar-refractivity contribution in [1.82, 2.24) is 4.98 Å². The number of carbonyl (C=O) groups is 2. The molecule has 0 spiro atoms. The molecule has 1 aliphatic rings. The topological polar surface area (TPSA) is 88.3 Å². The Labute approximate surface area is 128 Å². The molecule has 2 rings (SSSR count). The Balaban J connectivity index is 1.93. The number of aromatic nitrogens is 1. The van der Waals surface area contributed by atoms with Crippen LogP contribution in [0.3, 0.4) is 0 Å². The van der Waals surface area contributed by atoms with Gasteiger partial charge in [-0.1, -0.05) is 0 Å². The minimum absolute atomic E-state index is 0.118. The van der Waals surface area contributed by atoms with Crippen LogP contribution in [0.25, 0.3) is 0 Å². The average molecular weight is 308 g/mol. The molecule has 1 unspecified atom stereocenters. The highest BCUT2D eigenvalue weighted by Gasteiger charge is 2.22. The lowest BCUT2D eigenvalue weighted by molar-refractivity contribution is -0.118. The summed E-state index contributed by atoms with van der Waals surface area (Å²) in [6.07, 6.45) is 5.68. The number of thioether (sulfide) groups is 1. The lowest BCUT2D eigenvalue weighted by atomic mass is 10.2. The van der Waals surface area contributed by atoms with E-state index in [-0.39, 0.29) is 11.8 Å². The molecule has 1 aromatic heterocycles. The molecule has 0 aromatic carbocycles. The van der Waals surface area contributed by atoms with E-state index in [0.29, 0.717) is 18.7 Å². The monoisotopic (exact) mass is 308 g/mol. The first-order valence-electron chi connectivity index (χ1n) is 6.93.